The van der Waals surface area contributed by atoms with Crippen molar-refractivity contribution in [2.75, 3.05) is 0 Å². The van der Waals surface area contributed by atoms with Crippen LogP contribution in [0.3, 0.4) is 0 Å². The Morgan fingerprint density at radius 2 is 1.89 bits per heavy atom. The van der Waals surface area contributed by atoms with Gasteiger partial charge in [-0.25, -0.2) is 19.3 Å². The predicted octanol–water partition coefficient (Wildman–Crippen LogP) is 2.44. The van der Waals surface area contributed by atoms with Gasteiger partial charge in [0.1, 0.15) is 24.1 Å². The van der Waals surface area contributed by atoms with Gasteiger partial charge in [-0.15, -0.1) is 0 Å². The summed E-state index contributed by atoms with van der Waals surface area (Å²) in [4.78, 5) is 37.6. The van der Waals surface area contributed by atoms with Gasteiger partial charge in [0.05, 0.1) is 0 Å². The molecule has 3 aromatic rings. The van der Waals surface area contributed by atoms with Crippen LogP contribution in [-0.4, -0.2) is 31.5 Å². The molecule has 2 heterocycles. The van der Waals surface area contributed by atoms with E-state index in [4.69, 9.17) is 0 Å². The van der Waals surface area contributed by atoms with Crippen molar-refractivity contribution in [1.82, 2.24) is 24.8 Å². The first kappa shape index (κ1) is 18.2. The van der Waals surface area contributed by atoms with E-state index < -0.39 is 0 Å². The van der Waals surface area contributed by atoms with E-state index in [0.717, 1.165) is 25.7 Å². The highest BCUT2D eigenvalue weighted by Gasteiger charge is 2.17. The second-order valence-corrected chi connectivity index (χ2v) is 7.02. The normalized spacial score (nSPS) is 14.9. The molecular formula is C20H20FN5O2. The molecule has 1 fully saturated rings. The van der Waals surface area contributed by atoms with Gasteiger partial charge < -0.3 is 5.32 Å². The minimum Gasteiger partial charge on any atom is -0.352 e. The van der Waals surface area contributed by atoms with Crippen molar-refractivity contribution in [1.29, 1.82) is 0 Å². The van der Waals surface area contributed by atoms with E-state index in [2.05, 4.69) is 20.3 Å². The van der Waals surface area contributed by atoms with Gasteiger partial charge in [-0.05, 0) is 37.1 Å². The van der Waals surface area contributed by atoms with E-state index in [1.54, 1.807) is 12.1 Å². The Kier molecular flexibility index (Phi) is 5.10. The quantitative estimate of drug-likeness (QED) is 0.750. The summed E-state index contributed by atoms with van der Waals surface area (Å²) in [6.07, 6.45) is 8.14. The van der Waals surface area contributed by atoms with Crippen LogP contribution in [0.15, 0.2) is 41.6 Å². The molecule has 1 aromatic carbocycles. The maximum atomic E-state index is 13.1. The van der Waals surface area contributed by atoms with E-state index in [1.165, 1.54) is 35.6 Å². The van der Waals surface area contributed by atoms with E-state index in [0.29, 0.717) is 11.4 Å². The van der Waals surface area contributed by atoms with Crippen molar-refractivity contribution in [3.05, 3.63) is 53.0 Å². The smallest absolute Gasteiger partial charge is 0.264 e. The van der Waals surface area contributed by atoms with Crippen LogP contribution in [0.4, 0.5) is 4.39 Å². The summed E-state index contributed by atoms with van der Waals surface area (Å²) < 4.78 is 14.3. The summed E-state index contributed by atoms with van der Waals surface area (Å²) in [7, 11) is 0. The number of hydrogen-bond acceptors (Lipinski definition) is 5. The number of rotatable bonds is 4. The fourth-order valence-electron chi connectivity index (χ4n) is 3.48. The zero-order chi connectivity index (χ0) is 19.5. The fraction of sp³-hybridized carbons (Fsp3) is 0.350. The number of nitrogens with zero attached hydrogens (tertiary/aromatic N) is 4. The summed E-state index contributed by atoms with van der Waals surface area (Å²) in [5.74, 6) is -0.191. The molecule has 144 valence electrons. The average Bonchev–Trinajstić information content (AvgIpc) is 2.71. The van der Waals surface area contributed by atoms with Crippen LogP contribution in [0, 0.1) is 5.82 Å². The molecule has 1 saturated carbocycles. The molecule has 2 aromatic heterocycles. The van der Waals surface area contributed by atoms with Gasteiger partial charge in [0.2, 0.25) is 5.91 Å². The Balaban J connectivity index is 1.55. The van der Waals surface area contributed by atoms with Crippen LogP contribution in [-0.2, 0) is 11.3 Å². The summed E-state index contributed by atoms with van der Waals surface area (Å²) in [5, 5.41) is 3.22. The van der Waals surface area contributed by atoms with Crippen molar-refractivity contribution in [2.24, 2.45) is 0 Å². The number of carbonyl (C=O) groups excluding carboxylic acids is 1. The molecule has 0 spiro atoms. The third-order valence-electron chi connectivity index (χ3n) is 4.97. The lowest BCUT2D eigenvalue weighted by molar-refractivity contribution is -0.122. The molecule has 7 nitrogen and oxygen atoms in total. The lowest BCUT2D eigenvalue weighted by atomic mass is 9.95. The highest BCUT2D eigenvalue weighted by Crippen LogP contribution is 2.18. The Morgan fingerprint density at radius 3 is 2.64 bits per heavy atom. The zero-order valence-corrected chi connectivity index (χ0v) is 15.3. The number of amides is 1. The Morgan fingerprint density at radius 1 is 1.14 bits per heavy atom. The molecule has 0 unspecified atom stereocenters. The van der Waals surface area contributed by atoms with Crippen molar-refractivity contribution in [3.63, 3.8) is 0 Å². The molecule has 0 atom stereocenters. The van der Waals surface area contributed by atoms with Gasteiger partial charge in [-0.1, -0.05) is 19.3 Å². The number of aromatic nitrogens is 4. The third kappa shape index (κ3) is 3.90. The van der Waals surface area contributed by atoms with Crippen LogP contribution < -0.4 is 10.9 Å². The van der Waals surface area contributed by atoms with Gasteiger partial charge in [-0.2, -0.15) is 0 Å². The minimum atomic E-state index is -0.366. The van der Waals surface area contributed by atoms with Gasteiger partial charge in [-0.3, -0.25) is 14.2 Å². The number of nitrogens with one attached hydrogen (secondary N) is 1. The van der Waals surface area contributed by atoms with Gasteiger partial charge in [0, 0.05) is 17.8 Å². The van der Waals surface area contributed by atoms with E-state index >= 15 is 0 Å². The largest absolute Gasteiger partial charge is 0.352 e. The zero-order valence-electron chi connectivity index (χ0n) is 15.3. The molecule has 1 N–H and O–H groups in total. The molecule has 4 rings (SSSR count). The maximum Gasteiger partial charge on any atom is 0.264 e. The van der Waals surface area contributed by atoms with Crippen LogP contribution in [0.25, 0.3) is 22.4 Å². The number of fused-ring (bicyclic) bond motifs is 1. The van der Waals surface area contributed by atoms with Crippen molar-refractivity contribution in [2.45, 2.75) is 44.7 Å². The van der Waals surface area contributed by atoms with Crippen LogP contribution in [0.2, 0.25) is 0 Å². The SMILES string of the molecule is O=C(Cn1cnc2nc(-c3ccc(F)cc3)ncc2c1=O)NC1CCCCC1. The van der Waals surface area contributed by atoms with E-state index in [9.17, 15) is 14.0 Å². The van der Waals surface area contributed by atoms with Crippen molar-refractivity contribution >= 4 is 16.9 Å². The highest BCUT2D eigenvalue weighted by atomic mass is 19.1. The van der Waals surface area contributed by atoms with E-state index in [-0.39, 0.29) is 40.9 Å². The van der Waals surface area contributed by atoms with Gasteiger partial charge in [0.25, 0.3) is 5.56 Å². The summed E-state index contributed by atoms with van der Waals surface area (Å²) in [6, 6.07) is 5.95. The summed E-state index contributed by atoms with van der Waals surface area (Å²) >= 11 is 0. The fourth-order valence-corrected chi connectivity index (χ4v) is 3.48. The third-order valence-corrected chi connectivity index (χ3v) is 4.97. The molecule has 0 aliphatic heterocycles. The monoisotopic (exact) mass is 381 g/mol. The maximum absolute atomic E-state index is 13.1. The highest BCUT2D eigenvalue weighted by molar-refractivity contribution is 5.77. The molecule has 0 radical (unpaired) electrons. The van der Waals surface area contributed by atoms with Gasteiger partial charge >= 0.3 is 0 Å². The average molecular weight is 381 g/mol. The standard InChI is InChI=1S/C20H20FN5O2/c21-14-8-6-13(7-9-14)18-22-10-16-19(25-18)23-12-26(20(16)28)11-17(27)24-15-4-2-1-3-5-15/h6-10,12,15H,1-5,11H2,(H,24,27). The number of hydrogen-bond donors (Lipinski definition) is 1. The minimum absolute atomic E-state index is 0.0853. The van der Waals surface area contributed by atoms with E-state index in [1.807, 2.05) is 0 Å². The first-order valence-electron chi connectivity index (χ1n) is 9.37. The Bertz CT molecular complexity index is 1060. The number of benzene rings is 1. The molecular weight excluding hydrogens is 361 g/mol. The molecule has 1 aliphatic rings. The molecule has 8 heteroatoms. The molecule has 0 saturated heterocycles. The second kappa shape index (κ2) is 7.84. The van der Waals surface area contributed by atoms with Crippen molar-refractivity contribution < 1.29 is 9.18 Å². The lowest BCUT2D eigenvalue weighted by Gasteiger charge is -2.22. The van der Waals surface area contributed by atoms with Crippen molar-refractivity contribution in [3.8, 4) is 11.4 Å². The molecule has 0 bridgehead atoms. The first-order valence-corrected chi connectivity index (χ1v) is 9.37. The molecule has 1 amide bonds. The second-order valence-electron chi connectivity index (χ2n) is 7.02. The molecule has 28 heavy (non-hydrogen) atoms. The predicted molar refractivity (Wildman–Crippen MR) is 102 cm³/mol. The topological polar surface area (TPSA) is 89.8 Å². The summed E-state index contributed by atoms with van der Waals surface area (Å²) in [5.41, 5.74) is 0.499. The number of halogens is 1. The van der Waals surface area contributed by atoms with Crippen LogP contribution >= 0.6 is 0 Å². The summed E-state index contributed by atoms with van der Waals surface area (Å²) in [6.45, 7) is -0.0853. The lowest BCUT2D eigenvalue weighted by Crippen LogP contribution is -2.39. The van der Waals surface area contributed by atoms with Crippen LogP contribution in [0.5, 0.6) is 0 Å². The van der Waals surface area contributed by atoms with Crippen LogP contribution in [0.1, 0.15) is 32.1 Å². The number of carbonyl (C=O) groups is 1. The van der Waals surface area contributed by atoms with Gasteiger partial charge in [0.15, 0.2) is 11.5 Å². The Hall–Kier alpha value is -3.16. The first-order chi connectivity index (χ1) is 13.6. The Labute approximate surface area is 160 Å². The molecule has 1 aliphatic carbocycles.